The van der Waals surface area contributed by atoms with Crippen LogP contribution in [0.25, 0.3) is 0 Å². The molecule has 0 spiro atoms. The predicted molar refractivity (Wildman–Crippen MR) is 60.6 cm³/mol. The van der Waals surface area contributed by atoms with Gasteiger partial charge in [0, 0.05) is 6.54 Å². The van der Waals surface area contributed by atoms with Gasteiger partial charge >= 0.3 is 6.09 Å². The maximum absolute atomic E-state index is 11.3. The molecule has 18 heavy (non-hydrogen) atoms. The smallest absolute Gasteiger partial charge is 0.364 e. The Morgan fingerprint density at radius 2 is 2.06 bits per heavy atom. The van der Waals surface area contributed by atoms with Crippen molar-refractivity contribution in [1.82, 2.24) is 4.90 Å². The van der Waals surface area contributed by atoms with Crippen molar-refractivity contribution in [2.75, 3.05) is 6.54 Å². The van der Waals surface area contributed by atoms with Crippen molar-refractivity contribution in [2.45, 2.75) is 26.2 Å². The van der Waals surface area contributed by atoms with Gasteiger partial charge in [-0.1, -0.05) is 24.9 Å². The van der Waals surface area contributed by atoms with Crippen LogP contribution >= 0.6 is 0 Å². The van der Waals surface area contributed by atoms with Gasteiger partial charge in [-0.2, -0.15) is 10.5 Å². The molecule has 0 heterocycles. The summed E-state index contributed by atoms with van der Waals surface area (Å²) in [6.07, 6.45) is 3.01. The molecular weight excluding hydrogens is 238 g/mol. The molecule has 2 amide bonds. The van der Waals surface area contributed by atoms with E-state index in [0.29, 0.717) is 6.42 Å². The van der Waals surface area contributed by atoms with E-state index >= 15 is 0 Å². The molecule has 0 aliphatic heterocycles. The van der Waals surface area contributed by atoms with Crippen molar-refractivity contribution in [3.05, 3.63) is 0 Å². The van der Waals surface area contributed by atoms with Crippen LogP contribution in [0.1, 0.15) is 26.2 Å². The van der Waals surface area contributed by atoms with Gasteiger partial charge in [-0.25, -0.2) is 9.69 Å². The summed E-state index contributed by atoms with van der Waals surface area (Å²) >= 11 is 0. The Morgan fingerprint density at radius 3 is 2.50 bits per heavy atom. The topological polar surface area (TPSA) is 133 Å². The minimum absolute atomic E-state index is 0.192. The third-order valence-electron chi connectivity index (χ3n) is 1.88. The van der Waals surface area contributed by atoms with Gasteiger partial charge in [-0.15, -0.1) is 0 Å². The minimum Gasteiger partial charge on any atom is -0.364 e. The molecule has 0 saturated carbocycles. The molecule has 8 nitrogen and oxygen atoms in total. The van der Waals surface area contributed by atoms with E-state index < -0.39 is 17.7 Å². The number of hydrogen-bond acceptors (Lipinski definition) is 6. The van der Waals surface area contributed by atoms with Crippen LogP contribution in [0.3, 0.4) is 0 Å². The number of nitriles is 2. The molecule has 0 saturated heterocycles. The number of rotatable bonds is 6. The van der Waals surface area contributed by atoms with Crippen molar-refractivity contribution >= 4 is 17.7 Å². The highest BCUT2D eigenvalue weighted by atomic mass is 16.7. The molecule has 0 aliphatic carbocycles. The highest BCUT2D eigenvalue weighted by molar-refractivity contribution is 6.44. The first kappa shape index (κ1) is 15.4. The number of carbonyl (C=O) groups is 2. The average Bonchev–Trinajstić information content (AvgIpc) is 2.34. The summed E-state index contributed by atoms with van der Waals surface area (Å²) in [5.41, 5.74) is 4.04. The minimum atomic E-state index is -1.11. The zero-order chi connectivity index (χ0) is 14.0. The normalized spacial score (nSPS) is 10.1. The number of primary amides is 1. The summed E-state index contributed by atoms with van der Waals surface area (Å²) in [6, 6.07) is 1.36. The van der Waals surface area contributed by atoms with Gasteiger partial charge in [0.1, 0.15) is 6.07 Å². The third kappa shape index (κ3) is 5.47. The monoisotopic (exact) mass is 251 g/mol. The largest absolute Gasteiger partial charge is 0.449 e. The molecule has 0 aromatic carbocycles. The highest BCUT2D eigenvalue weighted by Gasteiger charge is 2.15. The Hall–Kier alpha value is -2.61. The van der Waals surface area contributed by atoms with Gasteiger partial charge in [-0.3, -0.25) is 9.63 Å². The molecule has 0 aromatic rings. The number of amides is 2. The lowest BCUT2D eigenvalue weighted by molar-refractivity contribution is -0.112. The average molecular weight is 251 g/mol. The third-order valence-corrected chi connectivity index (χ3v) is 1.88. The lowest BCUT2D eigenvalue weighted by atomic mass is 10.2. The summed E-state index contributed by atoms with van der Waals surface area (Å²) < 4.78 is 0. The van der Waals surface area contributed by atoms with Crippen LogP contribution < -0.4 is 5.73 Å². The molecule has 0 atom stereocenters. The van der Waals surface area contributed by atoms with Gasteiger partial charge in [0.25, 0.3) is 5.91 Å². The summed E-state index contributed by atoms with van der Waals surface area (Å²) in [7, 11) is 0. The molecule has 0 radical (unpaired) electrons. The van der Waals surface area contributed by atoms with Crippen LogP contribution in [0.15, 0.2) is 5.16 Å². The molecule has 0 aliphatic rings. The lowest BCUT2D eigenvalue weighted by Gasteiger charge is -2.10. The first-order valence-electron chi connectivity index (χ1n) is 5.22. The van der Waals surface area contributed by atoms with Crippen molar-refractivity contribution < 1.29 is 14.4 Å². The van der Waals surface area contributed by atoms with Crippen molar-refractivity contribution in [3.8, 4) is 12.3 Å². The van der Waals surface area contributed by atoms with E-state index in [4.69, 9.17) is 16.3 Å². The van der Waals surface area contributed by atoms with Crippen LogP contribution in [0, 0.1) is 22.8 Å². The second kappa shape index (κ2) is 8.53. The van der Waals surface area contributed by atoms with E-state index in [1.165, 1.54) is 6.07 Å². The number of nitrogens with two attached hydrogens (primary N) is 1. The molecular formula is C10H13N5O3. The number of carbonyl (C=O) groups excluding carboxylic acids is 2. The highest BCUT2D eigenvalue weighted by Crippen LogP contribution is 2.00. The second-order valence-electron chi connectivity index (χ2n) is 3.23. The molecule has 2 N–H and O–H groups in total. The van der Waals surface area contributed by atoms with Crippen molar-refractivity contribution in [1.29, 1.82) is 10.5 Å². The maximum Gasteiger partial charge on any atom is 0.449 e. The van der Waals surface area contributed by atoms with E-state index in [2.05, 4.69) is 9.99 Å². The SMILES string of the molecule is CCCCCN(C#N)C(=O)ON=C(C#N)C(N)=O. The van der Waals surface area contributed by atoms with E-state index in [1.807, 2.05) is 6.92 Å². The van der Waals surface area contributed by atoms with Gasteiger partial charge in [-0.05, 0) is 6.42 Å². The number of hydrogen-bond donors (Lipinski definition) is 1. The predicted octanol–water partition coefficient (Wildman–Crippen LogP) is 0.461. The van der Waals surface area contributed by atoms with Gasteiger partial charge in [0.05, 0.1) is 0 Å². The molecule has 0 unspecified atom stereocenters. The maximum atomic E-state index is 11.3. The molecule has 0 fully saturated rings. The second-order valence-corrected chi connectivity index (χ2v) is 3.23. The molecule has 0 rings (SSSR count). The van der Waals surface area contributed by atoms with E-state index in [1.54, 1.807) is 6.19 Å². The standard InChI is InChI=1S/C10H13N5O3/c1-2-3-4-5-15(7-12)10(17)18-14-8(6-11)9(13)16/h2-5H2,1H3,(H2,13,16). The van der Waals surface area contributed by atoms with Crippen LogP contribution in [0.2, 0.25) is 0 Å². The Morgan fingerprint density at radius 1 is 1.39 bits per heavy atom. The summed E-state index contributed by atoms with van der Waals surface area (Å²) in [5.74, 6) is -1.11. The fourth-order valence-electron chi connectivity index (χ4n) is 0.956. The Balaban J connectivity index is 4.42. The summed E-state index contributed by atoms with van der Waals surface area (Å²) in [6.45, 7) is 2.17. The summed E-state index contributed by atoms with van der Waals surface area (Å²) in [5, 5.41) is 20.1. The fraction of sp³-hybridized carbons (Fsp3) is 0.500. The number of oxime groups is 1. The first-order valence-corrected chi connectivity index (χ1v) is 5.22. The molecule has 0 bridgehead atoms. The Bertz CT molecular complexity index is 418. The first-order chi connectivity index (χ1) is 8.56. The van der Waals surface area contributed by atoms with Crippen molar-refractivity contribution in [3.63, 3.8) is 0 Å². The van der Waals surface area contributed by atoms with E-state index in [9.17, 15) is 9.59 Å². The number of unbranched alkanes of at least 4 members (excludes halogenated alkanes) is 2. The van der Waals surface area contributed by atoms with Crippen molar-refractivity contribution in [2.24, 2.45) is 10.9 Å². The van der Waals surface area contributed by atoms with Crippen LogP contribution in [0.4, 0.5) is 4.79 Å². The van der Waals surface area contributed by atoms with E-state index in [-0.39, 0.29) is 6.54 Å². The van der Waals surface area contributed by atoms with Gasteiger partial charge in [0.15, 0.2) is 6.19 Å². The zero-order valence-electron chi connectivity index (χ0n) is 9.92. The van der Waals surface area contributed by atoms with Crippen LogP contribution in [-0.4, -0.2) is 29.2 Å². The molecule has 96 valence electrons. The van der Waals surface area contributed by atoms with Crippen LogP contribution in [0.5, 0.6) is 0 Å². The zero-order valence-corrected chi connectivity index (χ0v) is 9.92. The Labute approximate surface area is 104 Å². The Kier molecular flexibility index (Phi) is 7.29. The van der Waals surface area contributed by atoms with Gasteiger partial charge < -0.3 is 5.73 Å². The molecule has 0 aromatic heterocycles. The summed E-state index contributed by atoms with van der Waals surface area (Å²) in [4.78, 5) is 26.9. The van der Waals surface area contributed by atoms with Crippen LogP contribution in [-0.2, 0) is 9.63 Å². The van der Waals surface area contributed by atoms with Gasteiger partial charge in [0.2, 0.25) is 5.71 Å². The quantitative estimate of drug-likeness (QED) is 0.183. The number of nitrogens with zero attached hydrogens (tertiary/aromatic N) is 4. The molecule has 8 heteroatoms. The fourth-order valence-corrected chi connectivity index (χ4v) is 0.956. The van der Waals surface area contributed by atoms with E-state index in [0.717, 1.165) is 17.7 Å². The lowest BCUT2D eigenvalue weighted by Crippen LogP contribution is -2.28.